The lowest BCUT2D eigenvalue weighted by molar-refractivity contribution is 0.0695. The monoisotopic (exact) mass is 276 g/mol. The zero-order valence-electron chi connectivity index (χ0n) is 9.77. The highest BCUT2D eigenvalue weighted by Gasteiger charge is 2.19. The standard InChI is InChI=1S/C10H16N2O3S2/c1-10(15,6-16-2)5-11-3-7-4-17-8(12-7)9(13)14/h4,11,15H,3,5-6H2,1-2H3,(H,13,14). The Morgan fingerprint density at radius 1 is 1.71 bits per heavy atom. The van der Waals surface area contributed by atoms with Crippen LogP contribution < -0.4 is 5.32 Å². The number of aromatic carboxylic acids is 1. The van der Waals surface area contributed by atoms with Crippen molar-refractivity contribution in [2.75, 3.05) is 18.6 Å². The third-order valence-electron chi connectivity index (χ3n) is 2.00. The van der Waals surface area contributed by atoms with E-state index in [0.717, 1.165) is 11.3 Å². The Kier molecular flexibility index (Phi) is 5.38. The van der Waals surface area contributed by atoms with Crippen molar-refractivity contribution in [3.05, 3.63) is 16.1 Å². The van der Waals surface area contributed by atoms with Crippen LogP contribution in [-0.4, -0.2) is 45.3 Å². The van der Waals surface area contributed by atoms with E-state index in [4.69, 9.17) is 5.11 Å². The number of nitrogens with zero attached hydrogens (tertiary/aromatic N) is 1. The Morgan fingerprint density at radius 3 is 2.94 bits per heavy atom. The van der Waals surface area contributed by atoms with E-state index in [1.807, 2.05) is 6.26 Å². The highest BCUT2D eigenvalue weighted by molar-refractivity contribution is 7.98. The van der Waals surface area contributed by atoms with Crippen LogP contribution in [0.4, 0.5) is 0 Å². The van der Waals surface area contributed by atoms with Crippen LogP contribution in [0.2, 0.25) is 0 Å². The van der Waals surface area contributed by atoms with Gasteiger partial charge in [0.1, 0.15) is 0 Å². The second-order valence-electron chi connectivity index (χ2n) is 3.98. The van der Waals surface area contributed by atoms with Crippen LogP contribution in [0, 0.1) is 0 Å². The fraction of sp³-hybridized carbons (Fsp3) is 0.600. The smallest absolute Gasteiger partial charge is 0.365 e. The number of aromatic nitrogens is 1. The highest BCUT2D eigenvalue weighted by atomic mass is 32.2. The van der Waals surface area contributed by atoms with Gasteiger partial charge in [-0.15, -0.1) is 11.3 Å². The molecule has 0 saturated carbocycles. The van der Waals surface area contributed by atoms with Gasteiger partial charge in [-0.1, -0.05) is 0 Å². The minimum atomic E-state index is -1.00. The maximum absolute atomic E-state index is 10.6. The molecule has 1 unspecified atom stereocenters. The van der Waals surface area contributed by atoms with Crippen LogP contribution in [0.25, 0.3) is 0 Å². The fourth-order valence-corrected chi connectivity index (χ4v) is 2.69. The molecule has 0 radical (unpaired) electrons. The SMILES string of the molecule is CSCC(C)(O)CNCc1csc(C(=O)O)n1. The van der Waals surface area contributed by atoms with E-state index >= 15 is 0 Å². The molecule has 17 heavy (non-hydrogen) atoms. The topological polar surface area (TPSA) is 82.5 Å². The summed E-state index contributed by atoms with van der Waals surface area (Å²) < 4.78 is 0. The molecular formula is C10H16N2O3S2. The predicted octanol–water partition coefficient (Wildman–Crippen LogP) is 1.04. The first-order valence-electron chi connectivity index (χ1n) is 5.04. The number of hydrogen-bond donors (Lipinski definition) is 3. The van der Waals surface area contributed by atoms with Gasteiger partial charge in [0.05, 0.1) is 11.3 Å². The molecule has 0 aliphatic rings. The van der Waals surface area contributed by atoms with E-state index in [-0.39, 0.29) is 5.01 Å². The lowest BCUT2D eigenvalue weighted by Crippen LogP contribution is -2.39. The third-order valence-corrected chi connectivity index (χ3v) is 3.79. The van der Waals surface area contributed by atoms with Crippen molar-refractivity contribution in [3.63, 3.8) is 0 Å². The van der Waals surface area contributed by atoms with E-state index in [0.29, 0.717) is 24.5 Å². The van der Waals surface area contributed by atoms with Crippen LogP contribution in [0.1, 0.15) is 22.4 Å². The number of aliphatic hydroxyl groups is 1. The number of hydrogen-bond acceptors (Lipinski definition) is 6. The number of thiazole rings is 1. The molecule has 5 nitrogen and oxygen atoms in total. The van der Waals surface area contributed by atoms with E-state index in [1.54, 1.807) is 24.1 Å². The zero-order valence-corrected chi connectivity index (χ0v) is 11.4. The number of carboxylic acid groups (broad SMARTS) is 1. The second kappa shape index (κ2) is 6.34. The molecule has 1 atom stereocenters. The van der Waals surface area contributed by atoms with Gasteiger partial charge in [0, 0.05) is 24.2 Å². The van der Waals surface area contributed by atoms with E-state index in [2.05, 4.69) is 10.3 Å². The first-order chi connectivity index (χ1) is 7.94. The van der Waals surface area contributed by atoms with Gasteiger partial charge in [-0.2, -0.15) is 11.8 Å². The van der Waals surface area contributed by atoms with Gasteiger partial charge in [0.25, 0.3) is 0 Å². The molecule has 0 fully saturated rings. The molecule has 96 valence electrons. The molecule has 0 spiro atoms. The lowest BCUT2D eigenvalue weighted by atomic mass is 10.1. The molecular weight excluding hydrogens is 260 g/mol. The zero-order chi connectivity index (χ0) is 12.9. The van der Waals surface area contributed by atoms with Gasteiger partial charge < -0.3 is 15.5 Å². The number of carbonyl (C=O) groups is 1. The molecule has 3 N–H and O–H groups in total. The van der Waals surface area contributed by atoms with Gasteiger partial charge in [0.15, 0.2) is 0 Å². The van der Waals surface area contributed by atoms with Crippen molar-refractivity contribution in [3.8, 4) is 0 Å². The molecule has 7 heteroatoms. The molecule has 0 aliphatic heterocycles. The van der Waals surface area contributed by atoms with Crippen molar-refractivity contribution in [1.29, 1.82) is 0 Å². The summed E-state index contributed by atoms with van der Waals surface area (Å²) in [6, 6.07) is 0. The molecule has 0 aliphatic carbocycles. The second-order valence-corrected chi connectivity index (χ2v) is 5.71. The van der Waals surface area contributed by atoms with Gasteiger partial charge in [-0.25, -0.2) is 9.78 Å². The largest absolute Gasteiger partial charge is 0.476 e. The third kappa shape index (κ3) is 5.03. The van der Waals surface area contributed by atoms with Crippen molar-refractivity contribution in [1.82, 2.24) is 10.3 Å². The van der Waals surface area contributed by atoms with Gasteiger partial charge in [0.2, 0.25) is 5.01 Å². The summed E-state index contributed by atoms with van der Waals surface area (Å²) in [6.07, 6.45) is 1.94. The summed E-state index contributed by atoms with van der Waals surface area (Å²) in [5.41, 5.74) is -0.0715. The van der Waals surface area contributed by atoms with Gasteiger partial charge >= 0.3 is 5.97 Å². The molecule has 0 bridgehead atoms. The Bertz CT molecular complexity index is 379. The van der Waals surface area contributed by atoms with Crippen molar-refractivity contribution < 1.29 is 15.0 Å². The number of nitrogens with one attached hydrogen (secondary N) is 1. The summed E-state index contributed by atoms with van der Waals surface area (Å²) in [6.45, 7) is 2.68. The summed E-state index contributed by atoms with van der Waals surface area (Å²) in [7, 11) is 0. The maximum Gasteiger partial charge on any atom is 0.365 e. The van der Waals surface area contributed by atoms with Crippen LogP contribution in [-0.2, 0) is 6.54 Å². The van der Waals surface area contributed by atoms with Crippen LogP contribution in [0.15, 0.2) is 5.38 Å². The predicted molar refractivity (Wildman–Crippen MR) is 69.8 cm³/mol. The van der Waals surface area contributed by atoms with E-state index < -0.39 is 11.6 Å². The Morgan fingerprint density at radius 2 is 2.41 bits per heavy atom. The van der Waals surface area contributed by atoms with Crippen LogP contribution >= 0.6 is 23.1 Å². The Labute approximate surface area is 108 Å². The van der Waals surface area contributed by atoms with Crippen molar-refractivity contribution in [2.45, 2.75) is 19.1 Å². The van der Waals surface area contributed by atoms with Crippen LogP contribution in [0.3, 0.4) is 0 Å². The average Bonchev–Trinajstić information content (AvgIpc) is 2.66. The lowest BCUT2D eigenvalue weighted by Gasteiger charge is -2.22. The summed E-state index contributed by atoms with van der Waals surface area (Å²) in [5.74, 6) is -0.354. The Balaban J connectivity index is 2.38. The number of thioether (sulfide) groups is 1. The molecule has 1 aromatic heterocycles. The molecule has 0 amide bonds. The summed E-state index contributed by atoms with van der Waals surface area (Å²) in [5, 5.41) is 23.5. The van der Waals surface area contributed by atoms with Crippen molar-refractivity contribution >= 4 is 29.1 Å². The minimum Gasteiger partial charge on any atom is -0.476 e. The number of carboxylic acids is 1. The quantitative estimate of drug-likeness (QED) is 0.690. The van der Waals surface area contributed by atoms with Crippen molar-refractivity contribution in [2.24, 2.45) is 0 Å². The minimum absolute atomic E-state index is 0.0951. The molecule has 0 saturated heterocycles. The number of rotatable bonds is 7. The highest BCUT2D eigenvalue weighted by Crippen LogP contribution is 2.11. The van der Waals surface area contributed by atoms with Gasteiger partial charge in [-0.3, -0.25) is 0 Å². The van der Waals surface area contributed by atoms with E-state index in [1.165, 1.54) is 0 Å². The first kappa shape index (κ1) is 14.4. The maximum atomic E-state index is 10.6. The summed E-state index contributed by atoms with van der Waals surface area (Å²) >= 11 is 2.69. The first-order valence-corrected chi connectivity index (χ1v) is 7.32. The molecule has 1 rings (SSSR count). The molecule has 1 heterocycles. The van der Waals surface area contributed by atoms with Gasteiger partial charge in [-0.05, 0) is 13.2 Å². The fourth-order valence-electron chi connectivity index (χ4n) is 1.31. The summed E-state index contributed by atoms with van der Waals surface area (Å²) in [4.78, 5) is 14.6. The average molecular weight is 276 g/mol. The molecule has 1 aromatic rings. The van der Waals surface area contributed by atoms with Crippen LogP contribution in [0.5, 0.6) is 0 Å². The molecule has 0 aromatic carbocycles. The normalized spacial score (nSPS) is 14.5. The Hall–Kier alpha value is -0.630. The van der Waals surface area contributed by atoms with E-state index in [9.17, 15) is 9.90 Å².